The molecule has 1 fully saturated rings. The minimum Gasteiger partial charge on any atom is -0.464 e. The van der Waals surface area contributed by atoms with E-state index in [1.807, 2.05) is 6.07 Å². The predicted molar refractivity (Wildman–Crippen MR) is 102 cm³/mol. The fourth-order valence-corrected chi connectivity index (χ4v) is 3.87. The van der Waals surface area contributed by atoms with Crippen molar-refractivity contribution in [2.24, 2.45) is 5.92 Å². The van der Waals surface area contributed by atoms with Gasteiger partial charge < -0.3 is 15.4 Å². The van der Waals surface area contributed by atoms with Crippen molar-refractivity contribution >= 4 is 11.8 Å². The molecule has 0 atom stereocenters. The molecule has 152 valence electrons. The molecule has 10 nitrogen and oxygen atoms in total. The van der Waals surface area contributed by atoms with Crippen LogP contribution in [0, 0.1) is 5.92 Å². The molecule has 1 aliphatic heterocycles. The maximum Gasteiger partial charge on any atom is 0.360 e. The van der Waals surface area contributed by atoms with E-state index in [4.69, 9.17) is 10.5 Å². The number of benzene rings is 1. The minimum atomic E-state index is -0.542. The number of methoxy groups -OCH3 is 1. The van der Waals surface area contributed by atoms with Crippen molar-refractivity contribution < 1.29 is 19.1 Å². The molecule has 3 N–H and O–H groups in total. The first-order valence-electron chi connectivity index (χ1n) is 9.64. The number of likely N-dealkylation sites (tertiary alicyclic amines) is 1. The highest BCUT2D eigenvalue weighted by atomic mass is 16.6. The van der Waals surface area contributed by atoms with Crippen LogP contribution < -0.4 is 10.6 Å². The number of hydrogen-bond donors (Lipinski definition) is 2. The highest BCUT2D eigenvalue weighted by Gasteiger charge is 2.30. The summed E-state index contributed by atoms with van der Waals surface area (Å²) >= 11 is 0. The van der Waals surface area contributed by atoms with Crippen molar-refractivity contribution in [3.05, 3.63) is 47.3 Å². The van der Waals surface area contributed by atoms with Gasteiger partial charge in [-0.3, -0.25) is 0 Å². The van der Waals surface area contributed by atoms with Gasteiger partial charge in [-0.25, -0.2) is 9.42 Å². The number of carbonyl (C=O) groups excluding carboxylic acids is 1. The van der Waals surface area contributed by atoms with Crippen molar-refractivity contribution in [2.75, 3.05) is 25.9 Å². The Balaban J connectivity index is 1.47. The van der Waals surface area contributed by atoms with Gasteiger partial charge in [0.25, 0.3) is 0 Å². The molecule has 1 aromatic carbocycles. The normalized spacial score (nSPS) is 19.2. The summed E-state index contributed by atoms with van der Waals surface area (Å²) in [4.78, 5) is 13.5. The van der Waals surface area contributed by atoms with Crippen LogP contribution in [0.4, 0.5) is 5.82 Å². The van der Waals surface area contributed by atoms with Gasteiger partial charge in [0.05, 0.1) is 20.2 Å². The van der Waals surface area contributed by atoms with E-state index < -0.39 is 5.97 Å². The highest BCUT2D eigenvalue weighted by molar-refractivity contribution is 5.88. The van der Waals surface area contributed by atoms with Crippen LogP contribution in [-0.4, -0.2) is 51.5 Å². The predicted octanol–water partition coefficient (Wildman–Crippen LogP) is 0.0567. The Morgan fingerprint density at radius 3 is 2.69 bits per heavy atom. The Kier molecular flexibility index (Phi) is 5.52. The lowest BCUT2D eigenvalue weighted by molar-refractivity contribution is -0.920. The van der Waals surface area contributed by atoms with Gasteiger partial charge in [-0.05, 0) is 41.1 Å². The topological polar surface area (TPSA) is 126 Å². The first kappa shape index (κ1) is 19.1. The van der Waals surface area contributed by atoms with E-state index in [1.165, 1.54) is 22.3 Å². The maximum atomic E-state index is 12.2. The van der Waals surface area contributed by atoms with Crippen molar-refractivity contribution in [2.45, 2.75) is 25.8 Å². The molecule has 0 radical (unpaired) electrons. The van der Waals surface area contributed by atoms with E-state index in [9.17, 15) is 4.79 Å². The SMILES string of the molecule is COC(=O)c1nnn(-c2nonc2N)c1C[NH+]1CCC(Cc2ccccc2)CC1. The summed E-state index contributed by atoms with van der Waals surface area (Å²) in [5.74, 6) is 0.435. The van der Waals surface area contributed by atoms with E-state index in [1.54, 1.807) is 0 Å². The monoisotopic (exact) mass is 398 g/mol. The number of rotatable bonds is 6. The molecule has 0 spiro atoms. The van der Waals surface area contributed by atoms with Crippen LogP contribution in [0.15, 0.2) is 35.0 Å². The lowest BCUT2D eigenvalue weighted by Gasteiger charge is -2.29. The number of nitrogens with one attached hydrogen (secondary N) is 1. The average molecular weight is 398 g/mol. The number of piperidine rings is 1. The molecule has 4 rings (SSSR count). The highest BCUT2D eigenvalue weighted by Crippen LogP contribution is 2.18. The summed E-state index contributed by atoms with van der Waals surface area (Å²) < 4.78 is 10.9. The zero-order valence-electron chi connectivity index (χ0n) is 16.2. The number of hydrogen-bond acceptors (Lipinski definition) is 8. The summed E-state index contributed by atoms with van der Waals surface area (Å²) in [5, 5.41) is 15.4. The lowest BCUT2D eigenvalue weighted by Crippen LogP contribution is -3.11. The molecule has 3 heterocycles. The summed E-state index contributed by atoms with van der Waals surface area (Å²) in [6.45, 7) is 2.55. The van der Waals surface area contributed by atoms with E-state index in [0.717, 1.165) is 32.4 Å². The average Bonchev–Trinajstić information content (AvgIpc) is 3.35. The third kappa shape index (κ3) is 4.11. The molecular formula is C19H24N7O3+. The number of nitrogen functional groups attached to an aromatic ring is 1. The van der Waals surface area contributed by atoms with Gasteiger partial charge in [-0.2, -0.15) is 4.68 Å². The standard InChI is InChI=1S/C19H23N7O3/c1-28-19(27)16-15(26(24-21-16)18-17(20)22-29-23-18)12-25-9-7-14(8-10-25)11-13-5-3-2-4-6-13/h2-6,14H,7-12H2,1H3,(H2,20,22)/p+1. The molecule has 0 amide bonds. The number of nitrogens with zero attached hydrogens (tertiary/aromatic N) is 5. The van der Waals surface area contributed by atoms with Crippen molar-refractivity contribution in [1.82, 2.24) is 25.3 Å². The summed E-state index contributed by atoms with van der Waals surface area (Å²) in [5.41, 5.74) is 7.94. The smallest absolute Gasteiger partial charge is 0.360 e. The molecule has 0 bridgehead atoms. The Morgan fingerprint density at radius 1 is 1.28 bits per heavy atom. The van der Waals surface area contributed by atoms with Crippen LogP contribution in [0.1, 0.15) is 34.6 Å². The Hall–Kier alpha value is -3.27. The zero-order valence-corrected chi connectivity index (χ0v) is 16.2. The Bertz CT molecular complexity index is 961. The van der Waals surface area contributed by atoms with Gasteiger partial charge in [0, 0.05) is 0 Å². The number of aromatic nitrogens is 5. The van der Waals surface area contributed by atoms with Gasteiger partial charge in [0.15, 0.2) is 5.69 Å². The van der Waals surface area contributed by atoms with Gasteiger partial charge in [0.1, 0.15) is 12.2 Å². The summed E-state index contributed by atoms with van der Waals surface area (Å²) in [6, 6.07) is 10.6. The van der Waals surface area contributed by atoms with Gasteiger partial charge in [0.2, 0.25) is 11.6 Å². The van der Waals surface area contributed by atoms with Crippen LogP contribution >= 0.6 is 0 Å². The second-order valence-electron chi connectivity index (χ2n) is 7.32. The third-order valence-electron chi connectivity index (χ3n) is 5.44. The van der Waals surface area contributed by atoms with Crippen LogP contribution in [0.25, 0.3) is 5.82 Å². The quantitative estimate of drug-likeness (QED) is 0.558. The third-order valence-corrected chi connectivity index (χ3v) is 5.44. The zero-order chi connectivity index (χ0) is 20.2. The van der Waals surface area contributed by atoms with E-state index >= 15 is 0 Å². The maximum absolute atomic E-state index is 12.2. The molecule has 1 saturated heterocycles. The molecule has 0 aliphatic carbocycles. The van der Waals surface area contributed by atoms with Crippen LogP contribution in [0.5, 0.6) is 0 Å². The van der Waals surface area contributed by atoms with Gasteiger partial charge in [-0.1, -0.05) is 35.5 Å². The van der Waals surface area contributed by atoms with Gasteiger partial charge in [-0.15, -0.1) is 5.10 Å². The fraction of sp³-hybridized carbons (Fsp3) is 0.421. The second kappa shape index (κ2) is 8.39. The lowest BCUT2D eigenvalue weighted by atomic mass is 9.90. The molecule has 10 heteroatoms. The molecule has 1 aliphatic rings. The van der Waals surface area contributed by atoms with Crippen molar-refractivity contribution in [1.29, 1.82) is 0 Å². The number of ether oxygens (including phenoxy) is 1. The largest absolute Gasteiger partial charge is 0.464 e. The Labute approximate surface area is 167 Å². The molecule has 3 aromatic rings. The van der Waals surface area contributed by atoms with Crippen LogP contribution in [-0.2, 0) is 17.7 Å². The second-order valence-corrected chi connectivity index (χ2v) is 7.32. The van der Waals surface area contributed by atoms with Gasteiger partial charge >= 0.3 is 5.97 Å². The number of nitrogens with two attached hydrogens (primary N) is 1. The summed E-state index contributed by atoms with van der Waals surface area (Å²) in [7, 11) is 1.32. The molecule has 0 unspecified atom stereocenters. The minimum absolute atomic E-state index is 0.0872. The van der Waals surface area contributed by atoms with Crippen molar-refractivity contribution in [3.8, 4) is 5.82 Å². The van der Waals surface area contributed by atoms with Crippen LogP contribution in [0.3, 0.4) is 0 Å². The Morgan fingerprint density at radius 2 is 2.03 bits per heavy atom. The number of quaternary nitrogens is 1. The first-order chi connectivity index (χ1) is 14.2. The molecule has 29 heavy (non-hydrogen) atoms. The van der Waals surface area contributed by atoms with E-state index in [0.29, 0.717) is 18.2 Å². The summed E-state index contributed by atoms with van der Waals surface area (Å²) in [6.07, 6.45) is 3.34. The number of anilines is 1. The first-order valence-corrected chi connectivity index (χ1v) is 9.64. The fourth-order valence-electron chi connectivity index (χ4n) is 3.87. The van der Waals surface area contributed by atoms with E-state index in [2.05, 4.69) is 49.5 Å². The molecule has 2 aromatic heterocycles. The van der Waals surface area contributed by atoms with E-state index in [-0.39, 0.29) is 17.3 Å². The molecule has 0 saturated carbocycles. The van der Waals surface area contributed by atoms with Crippen LogP contribution in [0.2, 0.25) is 0 Å². The number of esters is 1. The van der Waals surface area contributed by atoms with Crippen molar-refractivity contribution in [3.63, 3.8) is 0 Å². The molecular weight excluding hydrogens is 374 g/mol. The number of carbonyl (C=O) groups is 1.